The summed E-state index contributed by atoms with van der Waals surface area (Å²) in [5.74, 6) is 0. The Morgan fingerprint density at radius 2 is 2.00 bits per heavy atom. The van der Waals surface area contributed by atoms with Gasteiger partial charge in [0.1, 0.15) is 0 Å². The van der Waals surface area contributed by atoms with Crippen LogP contribution in [-0.2, 0) is 16.0 Å². The minimum absolute atomic E-state index is 0.0102. The molecule has 4 nitrogen and oxygen atoms in total. The third-order valence-electron chi connectivity index (χ3n) is 2.93. The molecule has 1 aromatic carbocycles. The molecule has 2 N–H and O–H groups in total. The molecule has 108 valence electrons. The summed E-state index contributed by atoms with van der Waals surface area (Å²) in [5, 5.41) is 13.0. The van der Waals surface area contributed by atoms with E-state index in [4.69, 9.17) is 9.47 Å². The lowest BCUT2D eigenvalue weighted by Gasteiger charge is -2.16. The molecule has 0 saturated carbocycles. The number of ether oxygens (including phenoxy) is 2. The van der Waals surface area contributed by atoms with Crippen LogP contribution in [0.1, 0.15) is 18.1 Å². The molecule has 19 heavy (non-hydrogen) atoms. The van der Waals surface area contributed by atoms with Crippen LogP contribution in [0.3, 0.4) is 0 Å². The molecule has 0 fully saturated rings. The van der Waals surface area contributed by atoms with E-state index in [1.54, 1.807) is 7.11 Å². The van der Waals surface area contributed by atoms with E-state index in [0.29, 0.717) is 19.8 Å². The van der Waals surface area contributed by atoms with Gasteiger partial charge in [-0.2, -0.15) is 0 Å². The number of aliphatic hydroxyl groups excluding tert-OH is 1. The number of rotatable bonds is 9. The number of methoxy groups -OCH3 is 1. The molecular formula is C15H25NO3. The lowest BCUT2D eigenvalue weighted by molar-refractivity contribution is -0.0311. The van der Waals surface area contributed by atoms with Gasteiger partial charge in [0.05, 0.1) is 25.4 Å². The summed E-state index contributed by atoms with van der Waals surface area (Å²) in [5.41, 5.74) is 2.51. The fourth-order valence-electron chi connectivity index (χ4n) is 1.80. The molecule has 0 aromatic heterocycles. The highest BCUT2D eigenvalue weighted by Gasteiger charge is 2.08. The van der Waals surface area contributed by atoms with Crippen molar-refractivity contribution in [2.45, 2.75) is 32.6 Å². The summed E-state index contributed by atoms with van der Waals surface area (Å²) in [7, 11) is 1.64. The second-order valence-electron chi connectivity index (χ2n) is 4.81. The first kappa shape index (κ1) is 16.1. The number of hydrogen-bond donors (Lipinski definition) is 2. The zero-order valence-electron chi connectivity index (χ0n) is 12.1. The molecular weight excluding hydrogens is 242 g/mol. The maximum absolute atomic E-state index is 9.79. The fraction of sp³-hybridized carbons (Fsp3) is 0.600. The first-order valence-corrected chi connectivity index (χ1v) is 6.67. The Morgan fingerprint density at radius 3 is 2.68 bits per heavy atom. The molecule has 0 amide bonds. The van der Waals surface area contributed by atoms with Gasteiger partial charge in [0.15, 0.2) is 0 Å². The summed E-state index contributed by atoms with van der Waals surface area (Å²) in [4.78, 5) is 0. The van der Waals surface area contributed by atoms with Crippen molar-refractivity contribution in [2.75, 3.05) is 26.9 Å². The average molecular weight is 267 g/mol. The molecule has 2 unspecified atom stereocenters. The quantitative estimate of drug-likeness (QED) is 0.712. The van der Waals surface area contributed by atoms with Crippen LogP contribution in [0.15, 0.2) is 24.3 Å². The molecule has 0 saturated heterocycles. The van der Waals surface area contributed by atoms with E-state index in [-0.39, 0.29) is 6.10 Å². The lowest BCUT2D eigenvalue weighted by atomic mass is 10.1. The van der Waals surface area contributed by atoms with Gasteiger partial charge >= 0.3 is 0 Å². The molecule has 0 spiro atoms. The van der Waals surface area contributed by atoms with Crippen molar-refractivity contribution >= 4 is 0 Å². The van der Waals surface area contributed by atoms with Gasteiger partial charge in [-0.1, -0.05) is 24.3 Å². The minimum atomic E-state index is -0.497. The largest absolute Gasteiger partial charge is 0.389 e. The second-order valence-corrected chi connectivity index (χ2v) is 4.81. The van der Waals surface area contributed by atoms with E-state index in [1.165, 1.54) is 11.1 Å². The molecule has 1 rings (SSSR count). The third-order valence-corrected chi connectivity index (χ3v) is 2.93. The molecule has 0 bridgehead atoms. The fourth-order valence-corrected chi connectivity index (χ4v) is 1.80. The Bertz CT molecular complexity index is 357. The van der Waals surface area contributed by atoms with Crippen LogP contribution in [0.5, 0.6) is 0 Å². The van der Waals surface area contributed by atoms with E-state index in [2.05, 4.69) is 24.4 Å². The average Bonchev–Trinajstić information content (AvgIpc) is 2.39. The predicted octanol–water partition coefficient (Wildman–Crippen LogP) is 1.50. The molecule has 0 aliphatic rings. The molecule has 0 heterocycles. The standard InChI is InChI=1S/C15H25NO3/c1-12-6-4-5-7-14(12)8-16-9-15(17)11-19-13(2)10-18-3/h4-7,13,15-17H,8-11H2,1-3H3. The molecule has 0 aliphatic heterocycles. The smallest absolute Gasteiger partial charge is 0.0897 e. The Morgan fingerprint density at radius 1 is 1.26 bits per heavy atom. The van der Waals surface area contributed by atoms with E-state index in [9.17, 15) is 5.11 Å². The Hall–Kier alpha value is -0.940. The maximum Gasteiger partial charge on any atom is 0.0897 e. The van der Waals surface area contributed by atoms with Crippen molar-refractivity contribution in [3.63, 3.8) is 0 Å². The van der Waals surface area contributed by atoms with Crippen LogP contribution in [0.2, 0.25) is 0 Å². The number of nitrogens with one attached hydrogen (secondary N) is 1. The SMILES string of the molecule is COCC(C)OCC(O)CNCc1ccccc1C. The summed E-state index contributed by atoms with van der Waals surface area (Å²) in [6.07, 6.45) is -0.487. The first-order chi connectivity index (χ1) is 9.13. The van der Waals surface area contributed by atoms with E-state index in [0.717, 1.165) is 6.54 Å². The monoisotopic (exact) mass is 267 g/mol. The highest BCUT2D eigenvalue weighted by Crippen LogP contribution is 2.06. The van der Waals surface area contributed by atoms with Crippen LogP contribution in [0.4, 0.5) is 0 Å². The van der Waals surface area contributed by atoms with Gasteiger partial charge in [0.2, 0.25) is 0 Å². The second kappa shape index (κ2) is 9.04. The number of hydrogen-bond acceptors (Lipinski definition) is 4. The number of aryl methyl sites for hydroxylation is 1. The van der Waals surface area contributed by atoms with Crippen LogP contribution in [-0.4, -0.2) is 44.2 Å². The predicted molar refractivity (Wildman–Crippen MR) is 76.2 cm³/mol. The van der Waals surface area contributed by atoms with Crippen molar-refractivity contribution in [3.8, 4) is 0 Å². The van der Waals surface area contributed by atoms with E-state index >= 15 is 0 Å². The van der Waals surface area contributed by atoms with Gasteiger partial charge in [-0.05, 0) is 25.0 Å². The maximum atomic E-state index is 9.79. The van der Waals surface area contributed by atoms with Gasteiger partial charge in [0.25, 0.3) is 0 Å². The molecule has 4 heteroatoms. The Labute approximate surface area is 115 Å². The van der Waals surface area contributed by atoms with Crippen LogP contribution in [0, 0.1) is 6.92 Å². The summed E-state index contributed by atoms with van der Waals surface area (Å²) >= 11 is 0. The molecule has 2 atom stereocenters. The highest BCUT2D eigenvalue weighted by molar-refractivity contribution is 5.25. The topological polar surface area (TPSA) is 50.7 Å². The van der Waals surface area contributed by atoms with Crippen molar-refractivity contribution in [3.05, 3.63) is 35.4 Å². The van der Waals surface area contributed by atoms with Gasteiger partial charge in [-0.15, -0.1) is 0 Å². The normalized spacial score (nSPS) is 14.3. The van der Waals surface area contributed by atoms with Crippen molar-refractivity contribution in [1.82, 2.24) is 5.32 Å². The Balaban J connectivity index is 2.17. The van der Waals surface area contributed by atoms with Crippen molar-refractivity contribution in [2.24, 2.45) is 0 Å². The summed E-state index contributed by atoms with van der Waals surface area (Å²) in [6.45, 7) is 6.17. The van der Waals surface area contributed by atoms with E-state index in [1.807, 2.05) is 19.1 Å². The van der Waals surface area contributed by atoms with Gasteiger partial charge in [-0.25, -0.2) is 0 Å². The molecule has 1 aromatic rings. The highest BCUT2D eigenvalue weighted by atomic mass is 16.5. The van der Waals surface area contributed by atoms with Gasteiger partial charge < -0.3 is 19.9 Å². The zero-order chi connectivity index (χ0) is 14.1. The lowest BCUT2D eigenvalue weighted by Crippen LogP contribution is -2.32. The van der Waals surface area contributed by atoms with Gasteiger partial charge in [-0.3, -0.25) is 0 Å². The number of aliphatic hydroxyl groups is 1. The van der Waals surface area contributed by atoms with Gasteiger partial charge in [0, 0.05) is 20.2 Å². The van der Waals surface area contributed by atoms with Crippen LogP contribution < -0.4 is 5.32 Å². The van der Waals surface area contributed by atoms with Crippen molar-refractivity contribution in [1.29, 1.82) is 0 Å². The third kappa shape index (κ3) is 6.68. The molecule has 0 radical (unpaired) electrons. The van der Waals surface area contributed by atoms with E-state index < -0.39 is 6.10 Å². The Kier molecular flexibility index (Phi) is 7.67. The van der Waals surface area contributed by atoms with Crippen LogP contribution in [0.25, 0.3) is 0 Å². The summed E-state index contributed by atoms with van der Waals surface area (Å²) < 4.78 is 10.4. The first-order valence-electron chi connectivity index (χ1n) is 6.67. The molecule has 0 aliphatic carbocycles. The van der Waals surface area contributed by atoms with Crippen molar-refractivity contribution < 1.29 is 14.6 Å². The minimum Gasteiger partial charge on any atom is -0.389 e. The van der Waals surface area contributed by atoms with Crippen LogP contribution >= 0.6 is 0 Å². The summed E-state index contributed by atoms with van der Waals surface area (Å²) in [6, 6.07) is 8.23. The number of benzene rings is 1. The zero-order valence-corrected chi connectivity index (χ0v) is 12.1.